The van der Waals surface area contributed by atoms with Crippen molar-refractivity contribution in [2.75, 3.05) is 18.8 Å². The number of piperidine rings is 1. The first-order valence-corrected chi connectivity index (χ1v) is 7.21. The van der Waals surface area contributed by atoms with Crippen molar-refractivity contribution < 1.29 is 4.79 Å². The summed E-state index contributed by atoms with van der Waals surface area (Å²) in [5.74, 6) is 1.36. The highest BCUT2D eigenvalue weighted by Crippen LogP contribution is 2.28. The molecule has 0 saturated carbocycles. The number of rotatable bonds is 2. The third kappa shape index (κ3) is 3.03. The number of nitrogen functional groups attached to an aromatic ring is 1. The molecule has 1 aromatic rings. The van der Waals surface area contributed by atoms with Crippen molar-refractivity contribution in [2.45, 2.75) is 26.7 Å². The number of amides is 1. The molecule has 4 heteroatoms. The molecule has 3 nitrogen and oxygen atoms in total. The van der Waals surface area contributed by atoms with Crippen LogP contribution in [0.4, 0.5) is 5.69 Å². The number of nitrogens with two attached hydrogens (primary N) is 1. The molecular formula is C15H21ClN2O. The first-order valence-electron chi connectivity index (χ1n) is 6.84. The minimum absolute atomic E-state index is 0.0368. The second-order valence-corrected chi connectivity index (χ2v) is 5.98. The molecule has 1 amide bonds. The molecule has 0 bridgehead atoms. The van der Waals surface area contributed by atoms with Gasteiger partial charge < -0.3 is 10.6 Å². The van der Waals surface area contributed by atoms with E-state index in [2.05, 4.69) is 13.8 Å². The number of carbonyl (C=O) groups is 1. The monoisotopic (exact) mass is 280 g/mol. The molecule has 1 aromatic carbocycles. The minimum atomic E-state index is -0.0368. The number of hydrogen-bond donors (Lipinski definition) is 1. The van der Waals surface area contributed by atoms with Crippen LogP contribution < -0.4 is 5.73 Å². The highest BCUT2D eigenvalue weighted by Gasteiger charge is 2.27. The summed E-state index contributed by atoms with van der Waals surface area (Å²) in [6.45, 7) is 6.08. The third-order valence-corrected chi connectivity index (χ3v) is 4.34. The first-order chi connectivity index (χ1) is 9.00. The third-order valence-electron chi connectivity index (χ3n) is 4.03. The van der Waals surface area contributed by atoms with Gasteiger partial charge in [-0.05, 0) is 36.8 Å². The quantitative estimate of drug-likeness (QED) is 0.844. The molecule has 0 unspecified atom stereocenters. The molecule has 0 aliphatic carbocycles. The highest BCUT2D eigenvalue weighted by molar-refractivity contribution is 6.34. The van der Waals surface area contributed by atoms with Gasteiger partial charge in [-0.25, -0.2) is 0 Å². The second kappa shape index (κ2) is 5.83. The maximum Gasteiger partial charge on any atom is 0.257 e. The zero-order valence-corrected chi connectivity index (χ0v) is 12.3. The van der Waals surface area contributed by atoms with Gasteiger partial charge in [-0.15, -0.1) is 0 Å². The van der Waals surface area contributed by atoms with Crippen molar-refractivity contribution >= 4 is 23.2 Å². The van der Waals surface area contributed by atoms with E-state index in [0.717, 1.165) is 25.9 Å². The summed E-state index contributed by atoms with van der Waals surface area (Å²) in [6.07, 6.45) is 2.13. The van der Waals surface area contributed by atoms with Gasteiger partial charge in [0.25, 0.3) is 5.91 Å². The molecule has 0 atom stereocenters. The Morgan fingerprint density at radius 3 is 2.53 bits per heavy atom. The van der Waals surface area contributed by atoms with E-state index < -0.39 is 0 Å². The van der Waals surface area contributed by atoms with Crippen LogP contribution in [0.3, 0.4) is 0 Å². The molecule has 1 saturated heterocycles. The lowest BCUT2D eigenvalue weighted by atomic mass is 9.86. The number of nitrogens with zero attached hydrogens (tertiary/aromatic N) is 1. The lowest BCUT2D eigenvalue weighted by molar-refractivity contribution is 0.0669. The molecule has 1 aliphatic heterocycles. The number of halogens is 1. The molecule has 19 heavy (non-hydrogen) atoms. The summed E-state index contributed by atoms with van der Waals surface area (Å²) in [5.41, 5.74) is 6.79. The van der Waals surface area contributed by atoms with Gasteiger partial charge in [0.15, 0.2) is 0 Å². The predicted molar refractivity (Wildman–Crippen MR) is 79.3 cm³/mol. The summed E-state index contributed by atoms with van der Waals surface area (Å²) in [7, 11) is 0. The van der Waals surface area contributed by atoms with E-state index in [1.54, 1.807) is 18.2 Å². The standard InChI is InChI=1S/C15H21ClN2O/c1-10(2)11-6-8-18(9-7-11)15(19)14-12(16)4-3-5-13(14)17/h3-5,10-11H,6-9,17H2,1-2H3. The smallest absolute Gasteiger partial charge is 0.257 e. The summed E-state index contributed by atoms with van der Waals surface area (Å²) in [5, 5.41) is 0.441. The van der Waals surface area contributed by atoms with E-state index in [0.29, 0.717) is 28.1 Å². The summed E-state index contributed by atoms with van der Waals surface area (Å²) in [4.78, 5) is 14.4. The highest BCUT2D eigenvalue weighted by atomic mass is 35.5. The Bertz CT molecular complexity index is 445. The number of anilines is 1. The number of likely N-dealkylation sites (tertiary alicyclic amines) is 1. The van der Waals surface area contributed by atoms with Crippen molar-refractivity contribution in [1.82, 2.24) is 4.90 Å². The summed E-state index contributed by atoms with van der Waals surface area (Å²) < 4.78 is 0. The molecule has 0 spiro atoms. The maximum atomic E-state index is 12.5. The Labute approximate surface area is 119 Å². The summed E-state index contributed by atoms with van der Waals surface area (Å²) >= 11 is 6.10. The normalized spacial score (nSPS) is 16.9. The minimum Gasteiger partial charge on any atom is -0.398 e. The molecule has 1 heterocycles. The Balaban J connectivity index is 2.10. The van der Waals surface area contributed by atoms with Gasteiger partial charge in [0, 0.05) is 18.8 Å². The molecule has 2 N–H and O–H groups in total. The van der Waals surface area contributed by atoms with E-state index in [1.807, 2.05) is 4.90 Å². The fourth-order valence-corrected chi connectivity index (χ4v) is 2.96. The Kier molecular flexibility index (Phi) is 4.35. The lowest BCUT2D eigenvalue weighted by Gasteiger charge is -2.34. The average Bonchev–Trinajstić information content (AvgIpc) is 2.38. The maximum absolute atomic E-state index is 12.5. The predicted octanol–water partition coefficient (Wildman–Crippen LogP) is 3.43. The lowest BCUT2D eigenvalue weighted by Crippen LogP contribution is -2.39. The van der Waals surface area contributed by atoms with Gasteiger partial charge in [0.1, 0.15) is 0 Å². The number of benzene rings is 1. The molecule has 2 rings (SSSR count). The largest absolute Gasteiger partial charge is 0.398 e. The van der Waals surface area contributed by atoms with Crippen molar-refractivity contribution in [3.05, 3.63) is 28.8 Å². The molecule has 104 valence electrons. The van der Waals surface area contributed by atoms with Crippen molar-refractivity contribution in [3.63, 3.8) is 0 Å². The average molecular weight is 281 g/mol. The van der Waals surface area contributed by atoms with Crippen molar-refractivity contribution in [3.8, 4) is 0 Å². The second-order valence-electron chi connectivity index (χ2n) is 5.58. The van der Waals surface area contributed by atoms with E-state index in [9.17, 15) is 4.79 Å². The Morgan fingerprint density at radius 2 is 2.00 bits per heavy atom. The molecule has 0 aromatic heterocycles. The van der Waals surface area contributed by atoms with Crippen LogP contribution in [0.25, 0.3) is 0 Å². The molecule has 1 fully saturated rings. The van der Waals surface area contributed by atoms with Crippen LogP contribution in [0, 0.1) is 11.8 Å². The van der Waals surface area contributed by atoms with E-state index in [1.165, 1.54) is 0 Å². The van der Waals surface area contributed by atoms with Crippen LogP contribution in [0.2, 0.25) is 5.02 Å². The van der Waals surface area contributed by atoms with Gasteiger partial charge in [-0.3, -0.25) is 4.79 Å². The van der Waals surface area contributed by atoms with Gasteiger partial charge in [0.2, 0.25) is 0 Å². The van der Waals surface area contributed by atoms with Gasteiger partial charge >= 0.3 is 0 Å². The van der Waals surface area contributed by atoms with Crippen LogP contribution in [0.1, 0.15) is 37.0 Å². The van der Waals surface area contributed by atoms with Crippen molar-refractivity contribution in [1.29, 1.82) is 0 Å². The van der Waals surface area contributed by atoms with Crippen LogP contribution >= 0.6 is 11.6 Å². The number of hydrogen-bond acceptors (Lipinski definition) is 2. The Morgan fingerprint density at radius 1 is 1.37 bits per heavy atom. The fourth-order valence-electron chi connectivity index (χ4n) is 2.69. The molecule has 0 radical (unpaired) electrons. The Hall–Kier alpha value is -1.22. The molecule has 1 aliphatic rings. The van der Waals surface area contributed by atoms with Crippen LogP contribution in [-0.2, 0) is 0 Å². The van der Waals surface area contributed by atoms with Crippen LogP contribution in [-0.4, -0.2) is 23.9 Å². The topological polar surface area (TPSA) is 46.3 Å². The van der Waals surface area contributed by atoms with E-state index in [4.69, 9.17) is 17.3 Å². The number of carbonyl (C=O) groups excluding carboxylic acids is 1. The van der Waals surface area contributed by atoms with Crippen LogP contribution in [0.15, 0.2) is 18.2 Å². The SMILES string of the molecule is CC(C)C1CCN(C(=O)c2c(N)cccc2Cl)CC1. The summed E-state index contributed by atoms with van der Waals surface area (Å²) in [6, 6.07) is 5.20. The van der Waals surface area contributed by atoms with E-state index >= 15 is 0 Å². The zero-order chi connectivity index (χ0) is 14.0. The van der Waals surface area contributed by atoms with E-state index in [-0.39, 0.29) is 5.91 Å². The van der Waals surface area contributed by atoms with Crippen LogP contribution in [0.5, 0.6) is 0 Å². The fraction of sp³-hybridized carbons (Fsp3) is 0.533. The van der Waals surface area contributed by atoms with Gasteiger partial charge in [-0.1, -0.05) is 31.5 Å². The zero-order valence-electron chi connectivity index (χ0n) is 11.5. The van der Waals surface area contributed by atoms with Gasteiger partial charge in [0.05, 0.1) is 10.6 Å². The van der Waals surface area contributed by atoms with Gasteiger partial charge in [-0.2, -0.15) is 0 Å². The van der Waals surface area contributed by atoms with Crippen molar-refractivity contribution in [2.24, 2.45) is 11.8 Å². The molecular weight excluding hydrogens is 260 g/mol. The first kappa shape index (κ1) is 14.2.